The summed E-state index contributed by atoms with van der Waals surface area (Å²) in [7, 11) is 0. The number of fused-ring (bicyclic) bond motifs is 7. The molecule has 4 aliphatic carbocycles. The van der Waals surface area contributed by atoms with E-state index in [9.17, 15) is 14.7 Å². The Bertz CT molecular complexity index is 1280. The number of ketones is 2. The lowest BCUT2D eigenvalue weighted by atomic mass is 9.46. The average molecular weight is 532 g/mol. The third-order valence-electron chi connectivity index (χ3n) is 10.6. The fourth-order valence-corrected chi connectivity index (χ4v) is 8.89. The molecule has 0 bridgehead atoms. The number of aliphatic hydroxyl groups is 1. The summed E-state index contributed by atoms with van der Waals surface area (Å²) in [6.45, 7) is 6.16. The van der Waals surface area contributed by atoms with Crippen LogP contribution in [0.25, 0.3) is 0 Å². The Kier molecular flexibility index (Phi) is 6.37. The molecule has 5 aliphatic rings. The molecule has 4 fully saturated rings. The number of Topliss-reactive ketones (excluding diaryl/α,β-unsaturated/α-hetero) is 1. The highest BCUT2D eigenvalue weighted by atomic mass is 16.7. The van der Waals surface area contributed by atoms with Gasteiger partial charge in [0, 0.05) is 16.7 Å². The summed E-state index contributed by atoms with van der Waals surface area (Å²) in [5.74, 6) is 0.638. The summed E-state index contributed by atoms with van der Waals surface area (Å²) in [6, 6.07) is 8.80. The van der Waals surface area contributed by atoms with Crippen LogP contribution in [0.4, 0.5) is 0 Å². The molecule has 1 N–H and O–H groups in total. The van der Waals surface area contributed by atoms with E-state index in [0.29, 0.717) is 30.6 Å². The van der Waals surface area contributed by atoms with Crippen molar-refractivity contribution in [3.05, 3.63) is 53.6 Å². The molecule has 1 aromatic carbocycles. The van der Waals surface area contributed by atoms with E-state index in [-0.39, 0.29) is 41.3 Å². The van der Waals surface area contributed by atoms with Crippen molar-refractivity contribution in [2.75, 3.05) is 6.61 Å². The Balaban J connectivity index is 1.33. The lowest BCUT2D eigenvalue weighted by Crippen LogP contribution is -2.63. The maximum atomic E-state index is 14.2. The lowest BCUT2D eigenvalue weighted by molar-refractivity contribution is -0.200. The van der Waals surface area contributed by atoms with E-state index in [1.165, 1.54) is 0 Å². The van der Waals surface area contributed by atoms with Crippen LogP contribution in [0.1, 0.15) is 64.9 Å². The molecule has 0 amide bonds. The smallest absolute Gasteiger partial charge is 0.205 e. The standard InChI is InChI=1S/C32H37NO6/c1-4-5-28-38-27-15-24-23-11-8-20-14-21(34)12-13-30(20,2)29(23)25(35)16-31(24,3)32(27,39-28)26(36)18-37-22-9-6-19(17-33)7-10-22/h6-7,9-10,12-14,23-25,27-29,35H,4-5,8,11,15-16,18H2,1-3H3/t23?,24?,25-,27+,28?,29?,30?,31?,32-/m0/s1. The van der Waals surface area contributed by atoms with Gasteiger partial charge in [0.15, 0.2) is 17.7 Å². The molecule has 206 valence electrons. The van der Waals surface area contributed by atoms with Crippen molar-refractivity contribution in [1.82, 2.24) is 0 Å². The molecule has 0 aromatic heterocycles. The first kappa shape index (κ1) is 26.4. The van der Waals surface area contributed by atoms with Gasteiger partial charge >= 0.3 is 0 Å². The van der Waals surface area contributed by atoms with E-state index >= 15 is 0 Å². The third kappa shape index (κ3) is 3.79. The SMILES string of the molecule is CCCC1O[C@@H]2CC3C4CCC5=CC(=O)C=CC5(C)C4[C@@H](O)CC3(C)[C@@]2(C(=O)COc2ccc(C#N)cc2)O1. The monoisotopic (exact) mass is 531 g/mol. The van der Waals surface area contributed by atoms with Crippen molar-refractivity contribution in [2.24, 2.45) is 28.6 Å². The summed E-state index contributed by atoms with van der Waals surface area (Å²) < 4.78 is 19.1. The van der Waals surface area contributed by atoms with Gasteiger partial charge in [-0.25, -0.2) is 0 Å². The zero-order valence-electron chi connectivity index (χ0n) is 22.9. The van der Waals surface area contributed by atoms with Gasteiger partial charge in [0.1, 0.15) is 12.4 Å². The van der Waals surface area contributed by atoms with Crippen molar-refractivity contribution in [1.29, 1.82) is 5.26 Å². The van der Waals surface area contributed by atoms with Crippen LogP contribution in [-0.4, -0.2) is 47.4 Å². The van der Waals surface area contributed by atoms with Crippen LogP contribution in [0.5, 0.6) is 5.75 Å². The maximum absolute atomic E-state index is 14.2. The van der Waals surface area contributed by atoms with Crippen LogP contribution in [-0.2, 0) is 19.1 Å². The summed E-state index contributed by atoms with van der Waals surface area (Å²) in [4.78, 5) is 26.4. The normalized spacial score (nSPS) is 42.0. The van der Waals surface area contributed by atoms with Gasteiger partial charge in [-0.2, -0.15) is 5.26 Å². The van der Waals surface area contributed by atoms with E-state index < -0.39 is 29.5 Å². The highest BCUT2D eigenvalue weighted by Crippen LogP contribution is 2.69. The van der Waals surface area contributed by atoms with E-state index in [0.717, 1.165) is 24.8 Å². The number of hydrogen-bond donors (Lipinski definition) is 1. The second-order valence-electron chi connectivity index (χ2n) is 12.5. The molecule has 39 heavy (non-hydrogen) atoms. The van der Waals surface area contributed by atoms with Crippen molar-refractivity contribution in [2.45, 2.75) is 83.4 Å². The predicted molar refractivity (Wildman–Crippen MR) is 142 cm³/mol. The first-order valence-corrected chi connectivity index (χ1v) is 14.3. The van der Waals surface area contributed by atoms with Crippen molar-refractivity contribution in [3.63, 3.8) is 0 Å². The Morgan fingerprint density at radius 1 is 1.26 bits per heavy atom. The van der Waals surface area contributed by atoms with Gasteiger partial charge < -0.3 is 19.3 Å². The fourth-order valence-electron chi connectivity index (χ4n) is 8.89. The second kappa shape index (κ2) is 9.40. The van der Waals surface area contributed by atoms with Gasteiger partial charge in [-0.3, -0.25) is 9.59 Å². The van der Waals surface area contributed by atoms with Crippen molar-refractivity contribution >= 4 is 11.6 Å². The van der Waals surface area contributed by atoms with E-state index in [4.69, 9.17) is 19.5 Å². The van der Waals surface area contributed by atoms with Crippen molar-refractivity contribution < 1.29 is 28.9 Å². The largest absolute Gasteiger partial charge is 0.486 e. The number of carbonyl (C=O) groups is 2. The van der Waals surface area contributed by atoms with Crippen LogP contribution in [0, 0.1) is 39.9 Å². The first-order chi connectivity index (χ1) is 18.7. The van der Waals surface area contributed by atoms with Crippen LogP contribution >= 0.6 is 0 Å². The van der Waals surface area contributed by atoms with Gasteiger partial charge in [-0.1, -0.05) is 38.8 Å². The third-order valence-corrected chi connectivity index (χ3v) is 10.6. The molecule has 1 heterocycles. The van der Waals surface area contributed by atoms with Gasteiger partial charge in [0.25, 0.3) is 0 Å². The minimum absolute atomic E-state index is 0.0158. The van der Waals surface area contributed by atoms with Gasteiger partial charge in [-0.15, -0.1) is 0 Å². The molecule has 7 nitrogen and oxygen atoms in total. The number of aliphatic hydroxyl groups excluding tert-OH is 1. The van der Waals surface area contributed by atoms with Crippen LogP contribution in [0.3, 0.4) is 0 Å². The summed E-state index contributed by atoms with van der Waals surface area (Å²) in [5, 5.41) is 20.9. The van der Waals surface area contributed by atoms with Crippen LogP contribution < -0.4 is 4.74 Å². The van der Waals surface area contributed by atoms with Gasteiger partial charge in [0.2, 0.25) is 5.78 Å². The summed E-state index contributed by atoms with van der Waals surface area (Å²) in [6.07, 6.45) is 8.24. The molecule has 7 heteroatoms. The molecule has 1 aromatic rings. The quantitative estimate of drug-likeness (QED) is 0.568. The van der Waals surface area contributed by atoms with Gasteiger partial charge in [0.05, 0.1) is 23.8 Å². The molecule has 3 saturated carbocycles. The zero-order valence-corrected chi connectivity index (χ0v) is 22.9. The number of nitrogens with zero attached hydrogens (tertiary/aromatic N) is 1. The molecule has 9 atom stereocenters. The average Bonchev–Trinajstić information content (AvgIpc) is 3.40. The number of benzene rings is 1. The Morgan fingerprint density at radius 2 is 2.03 bits per heavy atom. The minimum atomic E-state index is -1.20. The Morgan fingerprint density at radius 3 is 2.74 bits per heavy atom. The van der Waals surface area contributed by atoms with E-state index in [1.54, 1.807) is 36.4 Å². The van der Waals surface area contributed by atoms with Crippen molar-refractivity contribution in [3.8, 4) is 11.8 Å². The summed E-state index contributed by atoms with van der Waals surface area (Å²) in [5.41, 5.74) is -0.578. The maximum Gasteiger partial charge on any atom is 0.205 e. The summed E-state index contributed by atoms with van der Waals surface area (Å²) >= 11 is 0. The molecular weight excluding hydrogens is 494 g/mol. The molecule has 6 rings (SSSR count). The molecule has 1 saturated heterocycles. The Hall–Kier alpha value is -2.79. The number of nitriles is 1. The highest BCUT2D eigenvalue weighted by Gasteiger charge is 2.75. The number of ether oxygens (including phenoxy) is 3. The van der Waals surface area contributed by atoms with E-state index in [1.807, 2.05) is 6.08 Å². The second-order valence-corrected chi connectivity index (χ2v) is 12.5. The number of hydrogen-bond acceptors (Lipinski definition) is 7. The zero-order chi connectivity index (χ0) is 27.6. The molecule has 0 spiro atoms. The number of allylic oxidation sites excluding steroid dienone is 4. The fraction of sp³-hybridized carbons (Fsp3) is 0.594. The molecule has 0 radical (unpaired) electrons. The minimum Gasteiger partial charge on any atom is -0.486 e. The molecule has 6 unspecified atom stereocenters. The molecular formula is C32H37NO6. The lowest BCUT2D eigenvalue weighted by Gasteiger charge is -2.59. The van der Waals surface area contributed by atoms with Crippen LogP contribution in [0.15, 0.2) is 48.1 Å². The van der Waals surface area contributed by atoms with Gasteiger partial charge in [-0.05, 0) is 80.4 Å². The number of rotatable bonds is 6. The highest BCUT2D eigenvalue weighted by molar-refractivity contribution is 6.01. The predicted octanol–water partition coefficient (Wildman–Crippen LogP) is 4.68. The first-order valence-electron chi connectivity index (χ1n) is 14.3. The van der Waals surface area contributed by atoms with Crippen LogP contribution in [0.2, 0.25) is 0 Å². The van der Waals surface area contributed by atoms with E-state index in [2.05, 4.69) is 26.8 Å². The Labute approximate surface area is 229 Å². The molecule has 1 aliphatic heterocycles. The topological polar surface area (TPSA) is 106 Å². The number of carbonyl (C=O) groups excluding carboxylic acids is 2.